The Labute approximate surface area is 154 Å². The van der Waals surface area contributed by atoms with Crippen molar-refractivity contribution in [1.29, 1.82) is 0 Å². The summed E-state index contributed by atoms with van der Waals surface area (Å²) in [7, 11) is 2.00. The third-order valence-corrected chi connectivity index (χ3v) is 5.89. The molecule has 0 unspecified atom stereocenters. The molecule has 0 saturated carbocycles. The van der Waals surface area contributed by atoms with E-state index in [1.54, 1.807) is 11.3 Å². The van der Waals surface area contributed by atoms with Gasteiger partial charge in [0.05, 0.1) is 12.1 Å². The molecule has 25 heavy (non-hydrogen) atoms. The first kappa shape index (κ1) is 18.1. The van der Waals surface area contributed by atoms with Crippen LogP contribution < -0.4 is 5.32 Å². The van der Waals surface area contributed by atoms with E-state index in [0.29, 0.717) is 6.42 Å². The highest BCUT2D eigenvalue weighted by atomic mass is 32.1. The van der Waals surface area contributed by atoms with Gasteiger partial charge in [0.1, 0.15) is 5.01 Å². The van der Waals surface area contributed by atoms with E-state index < -0.39 is 0 Å². The van der Waals surface area contributed by atoms with Gasteiger partial charge in [-0.05, 0) is 45.7 Å². The lowest BCUT2D eigenvalue weighted by molar-refractivity contribution is -0.131. The van der Waals surface area contributed by atoms with Gasteiger partial charge in [0.15, 0.2) is 0 Å². The Morgan fingerprint density at radius 2 is 2.00 bits per heavy atom. The standard InChI is InChI=1S/C20H27N3OS/c1-15-3-5-17(6-4-15)20-22-18(14-25-20)13-19(24)23-11-8-16(9-12-23)7-10-21-2/h3-6,14,16,21H,7-13H2,1-2H3. The summed E-state index contributed by atoms with van der Waals surface area (Å²) < 4.78 is 0. The summed E-state index contributed by atoms with van der Waals surface area (Å²) in [5.74, 6) is 0.969. The first-order valence-electron chi connectivity index (χ1n) is 9.09. The normalized spacial score (nSPS) is 15.5. The number of hydrogen-bond donors (Lipinski definition) is 1. The van der Waals surface area contributed by atoms with Gasteiger partial charge in [0.2, 0.25) is 5.91 Å². The molecule has 134 valence electrons. The van der Waals surface area contributed by atoms with Crippen LogP contribution in [0.15, 0.2) is 29.6 Å². The van der Waals surface area contributed by atoms with Crippen molar-refractivity contribution in [3.8, 4) is 10.6 Å². The predicted molar refractivity (Wildman–Crippen MR) is 104 cm³/mol. The number of benzene rings is 1. The molecule has 1 amide bonds. The minimum absolute atomic E-state index is 0.216. The molecule has 0 atom stereocenters. The van der Waals surface area contributed by atoms with Gasteiger partial charge < -0.3 is 10.2 Å². The fourth-order valence-corrected chi connectivity index (χ4v) is 4.13. The first-order valence-corrected chi connectivity index (χ1v) is 9.97. The highest BCUT2D eigenvalue weighted by molar-refractivity contribution is 7.13. The van der Waals surface area contributed by atoms with Gasteiger partial charge in [-0.3, -0.25) is 4.79 Å². The molecular weight excluding hydrogens is 330 g/mol. The van der Waals surface area contributed by atoms with Crippen molar-refractivity contribution in [2.24, 2.45) is 5.92 Å². The number of aryl methyl sites for hydroxylation is 1. The zero-order valence-corrected chi connectivity index (χ0v) is 15.9. The van der Waals surface area contributed by atoms with Crippen LogP contribution in [0.2, 0.25) is 0 Å². The molecule has 1 aromatic heterocycles. The van der Waals surface area contributed by atoms with Crippen molar-refractivity contribution in [2.75, 3.05) is 26.7 Å². The Hall–Kier alpha value is -1.72. The Morgan fingerprint density at radius 3 is 2.68 bits per heavy atom. The molecule has 0 spiro atoms. The molecule has 1 aromatic carbocycles. The highest BCUT2D eigenvalue weighted by Crippen LogP contribution is 2.25. The van der Waals surface area contributed by atoms with Gasteiger partial charge in [-0.2, -0.15) is 0 Å². The van der Waals surface area contributed by atoms with Crippen molar-refractivity contribution in [3.05, 3.63) is 40.9 Å². The average Bonchev–Trinajstić information content (AvgIpc) is 3.09. The third-order valence-electron chi connectivity index (χ3n) is 4.95. The Balaban J connectivity index is 1.53. The summed E-state index contributed by atoms with van der Waals surface area (Å²) >= 11 is 1.62. The molecule has 2 heterocycles. The monoisotopic (exact) mass is 357 g/mol. The van der Waals surface area contributed by atoms with Crippen LogP contribution in [0.4, 0.5) is 0 Å². The lowest BCUT2D eigenvalue weighted by atomic mass is 9.93. The topological polar surface area (TPSA) is 45.2 Å². The van der Waals surface area contributed by atoms with Crippen molar-refractivity contribution in [2.45, 2.75) is 32.6 Å². The molecule has 3 rings (SSSR count). The first-order chi connectivity index (χ1) is 12.2. The fraction of sp³-hybridized carbons (Fsp3) is 0.500. The van der Waals surface area contributed by atoms with E-state index in [4.69, 9.17) is 0 Å². The molecule has 1 saturated heterocycles. The number of thiazole rings is 1. The molecule has 4 nitrogen and oxygen atoms in total. The summed E-state index contributed by atoms with van der Waals surface area (Å²) in [5.41, 5.74) is 3.26. The molecule has 0 radical (unpaired) electrons. The summed E-state index contributed by atoms with van der Waals surface area (Å²) in [6.45, 7) is 4.93. The second-order valence-electron chi connectivity index (χ2n) is 6.90. The minimum atomic E-state index is 0.216. The highest BCUT2D eigenvalue weighted by Gasteiger charge is 2.23. The van der Waals surface area contributed by atoms with Crippen molar-refractivity contribution in [3.63, 3.8) is 0 Å². The summed E-state index contributed by atoms with van der Waals surface area (Å²) in [4.78, 5) is 19.2. The summed E-state index contributed by atoms with van der Waals surface area (Å²) in [6.07, 6.45) is 3.88. The maximum Gasteiger partial charge on any atom is 0.228 e. The number of hydrogen-bond acceptors (Lipinski definition) is 4. The Morgan fingerprint density at radius 1 is 1.28 bits per heavy atom. The molecule has 1 aliphatic rings. The number of carbonyl (C=O) groups excluding carboxylic acids is 1. The third kappa shape index (κ3) is 4.89. The maximum atomic E-state index is 12.6. The van der Waals surface area contributed by atoms with Crippen LogP contribution in [0, 0.1) is 12.8 Å². The van der Waals surface area contributed by atoms with Crippen LogP contribution in [0.25, 0.3) is 10.6 Å². The van der Waals surface area contributed by atoms with Crippen molar-refractivity contribution >= 4 is 17.2 Å². The van der Waals surface area contributed by atoms with Crippen LogP contribution in [0.1, 0.15) is 30.5 Å². The number of rotatable bonds is 6. The number of likely N-dealkylation sites (tertiary alicyclic amines) is 1. The number of carbonyl (C=O) groups is 1. The second kappa shape index (κ2) is 8.59. The average molecular weight is 358 g/mol. The zero-order valence-electron chi connectivity index (χ0n) is 15.1. The van der Waals surface area contributed by atoms with Gasteiger partial charge in [-0.25, -0.2) is 4.98 Å². The van der Waals surface area contributed by atoms with Gasteiger partial charge >= 0.3 is 0 Å². The molecule has 1 aliphatic heterocycles. The molecule has 2 aromatic rings. The van der Waals surface area contributed by atoms with E-state index in [1.807, 2.05) is 17.3 Å². The summed E-state index contributed by atoms with van der Waals surface area (Å²) in [5, 5.41) is 6.23. The molecular formula is C20H27N3OS. The van der Waals surface area contributed by atoms with Crippen molar-refractivity contribution in [1.82, 2.24) is 15.2 Å². The summed E-state index contributed by atoms with van der Waals surface area (Å²) in [6, 6.07) is 8.38. The van der Waals surface area contributed by atoms with Crippen molar-refractivity contribution < 1.29 is 4.79 Å². The van der Waals surface area contributed by atoms with Gasteiger partial charge in [0.25, 0.3) is 0 Å². The van der Waals surface area contributed by atoms with Crippen LogP contribution in [0.5, 0.6) is 0 Å². The van der Waals surface area contributed by atoms with Crippen LogP contribution in [-0.2, 0) is 11.2 Å². The van der Waals surface area contributed by atoms with E-state index in [-0.39, 0.29) is 5.91 Å². The van der Waals surface area contributed by atoms with E-state index in [2.05, 4.69) is 41.5 Å². The molecule has 1 N–H and O–H groups in total. The molecule has 0 bridgehead atoms. The fourth-order valence-electron chi connectivity index (χ4n) is 3.30. The van der Waals surface area contributed by atoms with E-state index in [9.17, 15) is 4.79 Å². The minimum Gasteiger partial charge on any atom is -0.342 e. The quantitative estimate of drug-likeness (QED) is 0.860. The number of aromatic nitrogens is 1. The number of piperidine rings is 1. The number of nitrogens with zero attached hydrogens (tertiary/aromatic N) is 2. The van der Waals surface area contributed by atoms with E-state index in [1.165, 1.54) is 12.0 Å². The largest absolute Gasteiger partial charge is 0.342 e. The maximum absolute atomic E-state index is 12.6. The lowest BCUT2D eigenvalue weighted by Gasteiger charge is -2.32. The van der Waals surface area contributed by atoms with Gasteiger partial charge in [-0.15, -0.1) is 11.3 Å². The SMILES string of the molecule is CNCCC1CCN(C(=O)Cc2csc(-c3ccc(C)cc3)n2)CC1. The van der Waals surface area contributed by atoms with E-state index >= 15 is 0 Å². The zero-order chi connectivity index (χ0) is 17.6. The lowest BCUT2D eigenvalue weighted by Crippen LogP contribution is -2.39. The van der Waals surface area contributed by atoms with Gasteiger partial charge in [-0.1, -0.05) is 29.8 Å². The predicted octanol–water partition coefficient (Wildman–Crippen LogP) is 3.51. The molecule has 5 heteroatoms. The Bertz CT molecular complexity index is 687. The second-order valence-corrected chi connectivity index (χ2v) is 7.76. The number of amides is 1. The van der Waals surface area contributed by atoms with Crippen LogP contribution in [0.3, 0.4) is 0 Å². The smallest absolute Gasteiger partial charge is 0.228 e. The van der Waals surface area contributed by atoms with Crippen LogP contribution >= 0.6 is 11.3 Å². The van der Waals surface area contributed by atoms with E-state index in [0.717, 1.165) is 54.7 Å². The van der Waals surface area contributed by atoms with Gasteiger partial charge in [0, 0.05) is 24.0 Å². The van der Waals surface area contributed by atoms with Crippen LogP contribution in [-0.4, -0.2) is 42.5 Å². The Kier molecular flexibility index (Phi) is 6.21. The molecule has 0 aliphatic carbocycles. The molecule has 1 fully saturated rings. The number of nitrogens with one attached hydrogen (secondary N) is 1.